The normalized spacial score (nSPS) is 18.9. The number of rotatable bonds is 2. The van der Waals surface area contributed by atoms with Crippen molar-refractivity contribution in [3.05, 3.63) is 33.8 Å². The quantitative estimate of drug-likeness (QED) is 0.660. The van der Waals surface area contributed by atoms with Gasteiger partial charge in [-0.05, 0) is 42.9 Å². The van der Waals surface area contributed by atoms with Crippen LogP contribution in [-0.4, -0.2) is 0 Å². The van der Waals surface area contributed by atoms with Gasteiger partial charge < -0.3 is 0 Å². The summed E-state index contributed by atoms with van der Waals surface area (Å²) in [6.07, 6.45) is 7.93. The highest BCUT2D eigenvalue weighted by molar-refractivity contribution is 9.10. The van der Waals surface area contributed by atoms with Crippen LogP contribution in [0.4, 0.5) is 0 Å². The Balaban J connectivity index is 2.38. The molecule has 0 spiro atoms. The molecular formula is C16H20BrN. The van der Waals surface area contributed by atoms with Crippen molar-refractivity contribution in [2.24, 2.45) is 0 Å². The van der Waals surface area contributed by atoms with Gasteiger partial charge in [0.25, 0.3) is 0 Å². The average molecular weight is 306 g/mol. The van der Waals surface area contributed by atoms with Crippen molar-refractivity contribution >= 4 is 15.9 Å². The van der Waals surface area contributed by atoms with Gasteiger partial charge in [0.15, 0.2) is 0 Å². The lowest BCUT2D eigenvalue weighted by Crippen LogP contribution is -2.05. The molecule has 0 amide bonds. The van der Waals surface area contributed by atoms with E-state index in [1.165, 1.54) is 54.1 Å². The van der Waals surface area contributed by atoms with Crippen LogP contribution in [0, 0.1) is 11.3 Å². The molecule has 1 aromatic carbocycles. The van der Waals surface area contributed by atoms with Crippen LogP contribution in [-0.2, 0) is 0 Å². The molecule has 0 saturated heterocycles. The maximum absolute atomic E-state index is 9.19. The highest BCUT2D eigenvalue weighted by Gasteiger charge is 2.22. The topological polar surface area (TPSA) is 23.8 Å². The molecule has 2 rings (SSSR count). The fourth-order valence-corrected chi connectivity index (χ4v) is 3.70. The van der Waals surface area contributed by atoms with Crippen molar-refractivity contribution in [2.45, 2.75) is 57.3 Å². The molecular weight excluding hydrogens is 286 g/mol. The number of hydrogen-bond acceptors (Lipinski definition) is 1. The molecule has 18 heavy (non-hydrogen) atoms. The number of benzene rings is 1. The zero-order valence-electron chi connectivity index (χ0n) is 11.0. The van der Waals surface area contributed by atoms with E-state index in [9.17, 15) is 5.26 Å². The van der Waals surface area contributed by atoms with Gasteiger partial charge in [-0.3, -0.25) is 0 Å². The predicted molar refractivity (Wildman–Crippen MR) is 78.6 cm³/mol. The Labute approximate surface area is 118 Å². The lowest BCUT2D eigenvalue weighted by Gasteiger charge is -2.21. The van der Waals surface area contributed by atoms with Crippen LogP contribution in [0.1, 0.15) is 68.4 Å². The van der Waals surface area contributed by atoms with Crippen LogP contribution < -0.4 is 0 Å². The summed E-state index contributed by atoms with van der Waals surface area (Å²) >= 11 is 3.70. The molecule has 0 bridgehead atoms. The Kier molecular flexibility index (Phi) is 4.83. The Morgan fingerprint density at radius 2 is 1.89 bits per heavy atom. The Morgan fingerprint density at radius 3 is 2.50 bits per heavy atom. The van der Waals surface area contributed by atoms with Crippen LogP contribution >= 0.6 is 15.9 Å². The Hall–Kier alpha value is -0.810. The SMILES string of the molecule is CC(C#N)c1cccc(Br)c1C1CCCCCC1. The van der Waals surface area contributed by atoms with Crippen molar-refractivity contribution in [3.63, 3.8) is 0 Å². The van der Waals surface area contributed by atoms with Gasteiger partial charge in [-0.25, -0.2) is 0 Å². The van der Waals surface area contributed by atoms with Gasteiger partial charge in [-0.1, -0.05) is 53.7 Å². The molecule has 1 aliphatic carbocycles. The van der Waals surface area contributed by atoms with E-state index in [0.717, 1.165) is 0 Å². The van der Waals surface area contributed by atoms with E-state index in [1.54, 1.807) is 0 Å². The molecule has 0 N–H and O–H groups in total. The van der Waals surface area contributed by atoms with Crippen molar-refractivity contribution in [3.8, 4) is 6.07 Å². The van der Waals surface area contributed by atoms with Crippen LogP contribution in [0.3, 0.4) is 0 Å². The van der Waals surface area contributed by atoms with E-state index >= 15 is 0 Å². The molecule has 1 aliphatic rings. The van der Waals surface area contributed by atoms with Crippen LogP contribution in [0.25, 0.3) is 0 Å². The second kappa shape index (κ2) is 6.38. The summed E-state index contributed by atoms with van der Waals surface area (Å²) in [5.41, 5.74) is 2.62. The molecule has 1 fully saturated rings. The summed E-state index contributed by atoms with van der Waals surface area (Å²) in [6, 6.07) is 8.67. The molecule has 0 heterocycles. The first-order chi connectivity index (χ1) is 8.74. The minimum atomic E-state index is -0.0132. The summed E-state index contributed by atoms with van der Waals surface area (Å²) in [6.45, 7) is 2.00. The third-order valence-corrected chi connectivity index (χ3v) is 4.70. The summed E-state index contributed by atoms with van der Waals surface area (Å²) in [4.78, 5) is 0. The lowest BCUT2D eigenvalue weighted by molar-refractivity contribution is 0.583. The van der Waals surface area contributed by atoms with Gasteiger partial charge in [-0.15, -0.1) is 0 Å². The van der Waals surface area contributed by atoms with E-state index in [4.69, 9.17) is 0 Å². The van der Waals surface area contributed by atoms with Crippen LogP contribution in [0.5, 0.6) is 0 Å². The molecule has 2 heteroatoms. The molecule has 1 atom stereocenters. The summed E-state index contributed by atoms with van der Waals surface area (Å²) < 4.78 is 1.19. The first-order valence-electron chi connectivity index (χ1n) is 6.92. The van der Waals surface area contributed by atoms with Gasteiger partial charge in [0.05, 0.1) is 12.0 Å². The minimum absolute atomic E-state index is 0.0132. The van der Waals surface area contributed by atoms with E-state index in [2.05, 4.69) is 34.1 Å². The van der Waals surface area contributed by atoms with E-state index in [-0.39, 0.29) is 5.92 Å². The average Bonchev–Trinajstić information content (AvgIpc) is 2.66. The van der Waals surface area contributed by atoms with Crippen molar-refractivity contribution < 1.29 is 0 Å². The second-order valence-corrected chi connectivity index (χ2v) is 6.14. The molecule has 1 unspecified atom stereocenters. The van der Waals surface area contributed by atoms with Crippen molar-refractivity contribution in [1.82, 2.24) is 0 Å². The maximum Gasteiger partial charge on any atom is 0.0701 e. The monoisotopic (exact) mass is 305 g/mol. The first-order valence-corrected chi connectivity index (χ1v) is 7.71. The third-order valence-electron chi connectivity index (χ3n) is 4.01. The molecule has 1 saturated carbocycles. The Bertz CT molecular complexity index is 439. The summed E-state index contributed by atoms with van der Waals surface area (Å²) in [5, 5.41) is 9.19. The zero-order valence-corrected chi connectivity index (χ0v) is 12.5. The van der Waals surface area contributed by atoms with Crippen molar-refractivity contribution in [2.75, 3.05) is 0 Å². The largest absolute Gasteiger partial charge is 0.198 e. The minimum Gasteiger partial charge on any atom is -0.198 e. The maximum atomic E-state index is 9.19. The number of nitriles is 1. The fraction of sp³-hybridized carbons (Fsp3) is 0.562. The van der Waals surface area contributed by atoms with Crippen molar-refractivity contribution in [1.29, 1.82) is 5.26 Å². The smallest absolute Gasteiger partial charge is 0.0701 e. The first kappa shape index (κ1) is 13.6. The van der Waals surface area contributed by atoms with E-state index in [0.29, 0.717) is 5.92 Å². The van der Waals surface area contributed by atoms with Gasteiger partial charge in [0.2, 0.25) is 0 Å². The molecule has 0 radical (unpaired) electrons. The predicted octanol–water partition coefficient (Wildman–Crippen LogP) is 5.51. The molecule has 1 nitrogen and oxygen atoms in total. The van der Waals surface area contributed by atoms with Gasteiger partial charge in [0, 0.05) is 4.47 Å². The van der Waals surface area contributed by atoms with Gasteiger partial charge in [0.1, 0.15) is 0 Å². The lowest BCUT2D eigenvalue weighted by atomic mass is 9.85. The molecule has 0 aromatic heterocycles. The van der Waals surface area contributed by atoms with Gasteiger partial charge in [-0.2, -0.15) is 5.26 Å². The highest BCUT2D eigenvalue weighted by Crippen LogP contribution is 2.39. The van der Waals surface area contributed by atoms with E-state index in [1.807, 2.05) is 13.0 Å². The molecule has 96 valence electrons. The number of halogens is 1. The summed E-state index contributed by atoms with van der Waals surface area (Å²) in [5.74, 6) is 0.620. The van der Waals surface area contributed by atoms with Crippen LogP contribution in [0.15, 0.2) is 22.7 Å². The van der Waals surface area contributed by atoms with E-state index < -0.39 is 0 Å². The fourth-order valence-electron chi connectivity index (χ4n) is 3.00. The second-order valence-electron chi connectivity index (χ2n) is 5.28. The highest BCUT2D eigenvalue weighted by atomic mass is 79.9. The Morgan fingerprint density at radius 1 is 1.22 bits per heavy atom. The third kappa shape index (κ3) is 2.95. The zero-order chi connectivity index (χ0) is 13.0. The molecule has 0 aliphatic heterocycles. The standard InChI is InChI=1S/C16H20BrN/c1-12(11-18)14-9-6-10-15(17)16(14)13-7-4-2-3-5-8-13/h6,9-10,12-13H,2-5,7-8H2,1H3. The summed E-state index contributed by atoms with van der Waals surface area (Å²) in [7, 11) is 0. The molecule has 1 aromatic rings. The van der Waals surface area contributed by atoms with Gasteiger partial charge >= 0.3 is 0 Å². The van der Waals surface area contributed by atoms with Crippen LogP contribution in [0.2, 0.25) is 0 Å². The number of nitrogens with zero attached hydrogens (tertiary/aromatic N) is 1. The number of hydrogen-bond donors (Lipinski definition) is 0.